The quantitative estimate of drug-likeness (QED) is 0.619. The number of likely N-dealkylation sites (tertiary alicyclic amines) is 1. The van der Waals surface area contributed by atoms with Gasteiger partial charge < -0.3 is 25.0 Å². The molecule has 1 aromatic carbocycles. The number of likely N-dealkylation sites (N-methyl/N-ethyl adjacent to an activating group) is 1. The molecule has 1 aliphatic rings. The molecule has 27 heavy (non-hydrogen) atoms. The van der Waals surface area contributed by atoms with Crippen LogP contribution in [0.4, 0.5) is 0 Å². The number of carbonyl (C=O) groups excluding carboxylic acids is 2. The summed E-state index contributed by atoms with van der Waals surface area (Å²) in [6, 6.07) is 5.01. The van der Waals surface area contributed by atoms with Gasteiger partial charge in [-0.15, -0.1) is 12.4 Å². The molecular formula is C19H30ClN3O4. The van der Waals surface area contributed by atoms with Crippen molar-refractivity contribution in [1.82, 2.24) is 15.5 Å². The molecule has 0 atom stereocenters. The summed E-state index contributed by atoms with van der Waals surface area (Å²) in [7, 11) is 1.83. The molecule has 0 aliphatic carbocycles. The van der Waals surface area contributed by atoms with Gasteiger partial charge in [0.2, 0.25) is 0 Å². The Morgan fingerprint density at radius 2 is 1.81 bits per heavy atom. The number of rotatable bonds is 9. The summed E-state index contributed by atoms with van der Waals surface area (Å²) in [5.74, 6) is 0.766. The van der Waals surface area contributed by atoms with Gasteiger partial charge in [0.1, 0.15) is 0 Å². The van der Waals surface area contributed by atoms with Crippen LogP contribution in [-0.4, -0.2) is 63.2 Å². The molecule has 1 aromatic rings. The monoisotopic (exact) mass is 399 g/mol. The van der Waals surface area contributed by atoms with E-state index in [1.807, 2.05) is 18.9 Å². The molecular weight excluding hydrogens is 370 g/mol. The van der Waals surface area contributed by atoms with Gasteiger partial charge in [0.15, 0.2) is 18.1 Å². The number of hydrogen-bond acceptors (Lipinski definition) is 5. The molecule has 0 radical (unpaired) electrons. The zero-order valence-electron chi connectivity index (χ0n) is 16.1. The summed E-state index contributed by atoms with van der Waals surface area (Å²) in [5.41, 5.74) is 0.499. The van der Waals surface area contributed by atoms with Gasteiger partial charge in [0.25, 0.3) is 11.8 Å². The van der Waals surface area contributed by atoms with Crippen molar-refractivity contribution < 1.29 is 19.1 Å². The maximum atomic E-state index is 12.3. The Morgan fingerprint density at radius 3 is 2.48 bits per heavy atom. The minimum Gasteiger partial charge on any atom is -0.490 e. The Kier molecular flexibility index (Phi) is 10.6. The van der Waals surface area contributed by atoms with Crippen molar-refractivity contribution in [3.63, 3.8) is 0 Å². The summed E-state index contributed by atoms with van der Waals surface area (Å²) in [5, 5.41) is 5.80. The third-order valence-electron chi connectivity index (χ3n) is 4.23. The van der Waals surface area contributed by atoms with Crippen LogP contribution in [0.25, 0.3) is 0 Å². The second-order valence-electron chi connectivity index (χ2n) is 6.18. The number of benzene rings is 1. The summed E-state index contributed by atoms with van der Waals surface area (Å²) in [4.78, 5) is 26.3. The van der Waals surface area contributed by atoms with Gasteiger partial charge in [0.05, 0.1) is 6.61 Å². The lowest BCUT2D eigenvalue weighted by molar-refractivity contribution is -0.134. The van der Waals surface area contributed by atoms with Gasteiger partial charge in [-0.1, -0.05) is 0 Å². The largest absolute Gasteiger partial charge is 0.490 e. The van der Waals surface area contributed by atoms with Gasteiger partial charge in [-0.2, -0.15) is 0 Å². The molecule has 8 heteroatoms. The standard InChI is InChI=1S/C19H29N3O4.ClH/c1-3-25-17-13-15(19(24)21-10-9-20-2)7-8-16(17)26-14-18(23)22-11-5-4-6-12-22;/h7-8,13,20H,3-6,9-12,14H2,1-2H3,(H,21,24);1H. The molecule has 0 bridgehead atoms. The lowest BCUT2D eigenvalue weighted by atomic mass is 10.1. The SMILES string of the molecule is CCOc1cc(C(=O)NCCNC)ccc1OCC(=O)N1CCCCC1.Cl. The topological polar surface area (TPSA) is 79.9 Å². The molecule has 1 aliphatic heterocycles. The van der Waals surface area contributed by atoms with E-state index in [0.717, 1.165) is 25.9 Å². The third-order valence-corrected chi connectivity index (χ3v) is 4.23. The van der Waals surface area contributed by atoms with Crippen LogP contribution in [0, 0.1) is 0 Å². The lowest BCUT2D eigenvalue weighted by Crippen LogP contribution is -2.38. The van der Waals surface area contributed by atoms with Crippen LogP contribution >= 0.6 is 12.4 Å². The first kappa shape index (κ1) is 23.0. The first-order valence-electron chi connectivity index (χ1n) is 9.26. The zero-order valence-corrected chi connectivity index (χ0v) is 16.9. The van der Waals surface area contributed by atoms with E-state index < -0.39 is 0 Å². The van der Waals surface area contributed by atoms with Gasteiger partial charge >= 0.3 is 0 Å². The fourth-order valence-electron chi connectivity index (χ4n) is 2.81. The summed E-state index contributed by atoms with van der Waals surface area (Å²) in [6.07, 6.45) is 3.28. The minimum absolute atomic E-state index is 0. The Hall–Kier alpha value is -1.99. The van der Waals surface area contributed by atoms with Gasteiger partial charge in [0, 0.05) is 31.7 Å². The van der Waals surface area contributed by atoms with Crippen LogP contribution < -0.4 is 20.1 Å². The molecule has 2 N–H and O–H groups in total. The van der Waals surface area contributed by atoms with Crippen LogP contribution in [0.1, 0.15) is 36.5 Å². The number of nitrogens with zero attached hydrogens (tertiary/aromatic N) is 1. The molecule has 1 saturated heterocycles. The van der Waals surface area contributed by atoms with Crippen LogP contribution in [-0.2, 0) is 4.79 Å². The molecule has 152 valence electrons. The molecule has 0 aromatic heterocycles. The van der Waals surface area contributed by atoms with E-state index in [1.54, 1.807) is 18.2 Å². The highest BCUT2D eigenvalue weighted by Gasteiger charge is 2.18. The number of piperidine rings is 1. The van der Waals surface area contributed by atoms with Crippen molar-refractivity contribution in [1.29, 1.82) is 0 Å². The Morgan fingerprint density at radius 1 is 1.07 bits per heavy atom. The van der Waals surface area contributed by atoms with Gasteiger partial charge in [-0.3, -0.25) is 9.59 Å². The van der Waals surface area contributed by atoms with Crippen LogP contribution in [0.5, 0.6) is 11.5 Å². The average molecular weight is 400 g/mol. The molecule has 0 spiro atoms. The second-order valence-corrected chi connectivity index (χ2v) is 6.18. The summed E-state index contributed by atoms with van der Waals surface area (Å²) in [6.45, 7) is 5.13. The van der Waals surface area contributed by atoms with E-state index in [2.05, 4.69) is 10.6 Å². The van der Waals surface area contributed by atoms with Crippen LogP contribution in [0.3, 0.4) is 0 Å². The fraction of sp³-hybridized carbons (Fsp3) is 0.579. The molecule has 1 heterocycles. The molecule has 7 nitrogen and oxygen atoms in total. The predicted molar refractivity (Wildman–Crippen MR) is 107 cm³/mol. The predicted octanol–water partition coefficient (Wildman–Crippen LogP) is 1.85. The Bertz CT molecular complexity index is 607. The number of carbonyl (C=O) groups is 2. The van der Waals surface area contributed by atoms with E-state index in [0.29, 0.717) is 36.8 Å². The first-order valence-corrected chi connectivity index (χ1v) is 9.26. The number of nitrogens with one attached hydrogen (secondary N) is 2. The summed E-state index contributed by atoms with van der Waals surface area (Å²) < 4.78 is 11.3. The third kappa shape index (κ3) is 7.27. The number of halogens is 1. The second kappa shape index (κ2) is 12.4. The Balaban J connectivity index is 0.00000364. The van der Waals surface area contributed by atoms with Crippen molar-refractivity contribution in [2.75, 3.05) is 46.4 Å². The van der Waals surface area contributed by atoms with E-state index in [-0.39, 0.29) is 30.8 Å². The molecule has 1 fully saturated rings. The first-order chi connectivity index (χ1) is 12.7. The number of ether oxygens (including phenoxy) is 2. The smallest absolute Gasteiger partial charge is 0.260 e. The van der Waals surface area contributed by atoms with Crippen molar-refractivity contribution >= 4 is 24.2 Å². The lowest BCUT2D eigenvalue weighted by Gasteiger charge is -2.26. The van der Waals surface area contributed by atoms with Crippen LogP contribution in [0.15, 0.2) is 18.2 Å². The van der Waals surface area contributed by atoms with Gasteiger partial charge in [-0.25, -0.2) is 0 Å². The van der Waals surface area contributed by atoms with Crippen molar-refractivity contribution in [2.45, 2.75) is 26.2 Å². The van der Waals surface area contributed by atoms with E-state index in [9.17, 15) is 9.59 Å². The number of hydrogen-bond donors (Lipinski definition) is 2. The maximum absolute atomic E-state index is 12.3. The molecule has 0 saturated carbocycles. The highest BCUT2D eigenvalue weighted by atomic mass is 35.5. The highest BCUT2D eigenvalue weighted by molar-refractivity contribution is 5.94. The normalized spacial score (nSPS) is 13.5. The average Bonchev–Trinajstić information content (AvgIpc) is 2.67. The Labute approximate surface area is 167 Å². The van der Waals surface area contributed by atoms with E-state index in [4.69, 9.17) is 9.47 Å². The van der Waals surface area contributed by atoms with Crippen molar-refractivity contribution in [3.8, 4) is 11.5 Å². The fourth-order valence-corrected chi connectivity index (χ4v) is 2.81. The maximum Gasteiger partial charge on any atom is 0.260 e. The molecule has 2 rings (SSSR count). The van der Waals surface area contributed by atoms with Crippen molar-refractivity contribution in [2.24, 2.45) is 0 Å². The van der Waals surface area contributed by atoms with Crippen molar-refractivity contribution in [3.05, 3.63) is 23.8 Å². The summed E-state index contributed by atoms with van der Waals surface area (Å²) >= 11 is 0. The zero-order chi connectivity index (χ0) is 18.8. The van der Waals surface area contributed by atoms with E-state index >= 15 is 0 Å². The minimum atomic E-state index is -0.169. The van der Waals surface area contributed by atoms with Gasteiger partial charge in [-0.05, 0) is 51.4 Å². The number of amides is 2. The van der Waals surface area contributed by atoms with Crippen LogP contribution in [0.2, 0.25) is 0 Å². The molecule has 0 unspecified atom stereocenters. The van der Waals surface area contributed by atoms with E-state index in [1.165, 1.54) is 6.42 Å². The highest BCUT2D eigenvalue weighted by Crippen LogP contribution is 2.28. The molecule has 2 amide bonds.